The van der Waals surface area contributed by atoms with Crippen molar-refractivity contribution in [3.63, 3.8) is 0 Å². The monoisotopic (exact) mass is 291 g/mol. The van der Waals surface area contributed by atoms with Gasteiger partial charge in [0.15, 0.2) is 0 Å². The Bertz CT molecular complexity index is 484. The lowest BCUT2D eigenvalue weighted by Gasteiger charge is -2.13. The number of para-hydroxylation sites is 1. The number of rotatable bonds is 6. The van der Waals surface area contributed by atoms with Crippen LogP contribution in [0.25, 0.3) is 0 Å². The molecule has 0 heterocycles. The zero-order valence-corrected chi connectivity index (χ0v) is 12.5. The summed E-state index contributed by atoms with van der Waals surface area (Å²) in [6.07, 6.45) is 0. The highest BCUT2D eigenvalue weighted by atomic mass is 35.5. The van der Waals surface area contributed by atoms with Gasteiger partial charge in [0.1, 0.15) is 0 Å². The molecule has 2 rings (SSSR count). The van der Waals surface area contributed by atoms with Crippen molar-refractivity contribution >= 4 is 29.1 Å². The van der Waals surface area contributed by atoms with Gasteiger partial charge in [0.05, 0.1) is 0 Å². The van der Waals surface area contributed by atoms with E-state index in [2.05, 4.69) is 36.5 Å². The predicted octanol–water partition coefficient (Wildman–Crippen LogP) is 5.07. The van der Waals surface area contributed by atoms with Gasteiger partial charge in [-0.1, -0.05) is 48.9 Å². The number of anilines is 1. The van der Waals surface area contributed by atoms with Crippen LogP contribution in [-0.2, 0) is 5.75 Å². The van der Waals surface area contributed by atoms with Crippen LogP contribution >= 0.6 is 23.4 Å². The second-order valence-corrected chi connectivity index (χ2v) is 6.36. The lowest BCUT2D eigenvalue weighted by molar-refractivity contribution is 0.998. The number of hydrogen-bond acceptors (Lipinski definition) is 2. The highest BCUT2D eigenvalue weighted by molar-refractivity contribution is 7.99. The van der Waals surface area contributed by atoms with E-state index in [9.17, 15) is 0 Å². The van der Waals surface area contributed by atoms with Crippen LogP contribution < -0.4 is 5.32 Å². The molecule has 2 aromatic rings. The van der Waals surface area contributed by atoms with Gasteiger partial charge in [-0.05, 0) is 29.8 Å². The van der Waals surface area contributed by atoms with E-state index < -0.39 is 0 Å². The Kier molecular flexibility index (Phi) is 5.62. The van der Waals surface area contributed by atoms with Gasteiger partial charge >= 0.3 is 0 Å². The van der Waals surface area contributed by atoms with Gasteiger partial charge < -0.3 is 5.32 Å². The van der Waals surface area contributed by atoms with E-state index >= 15 is 0 Å². The summed E-state index contributed by atoms with van der Waals surface area (Å²) in [4.78, 5) is 0. The number of thioether (sulfide) groups is 1. The molecule has 19 heavy (non-hydrogen) atoms. The molecule has 3 heteroatoms. The lowest BCUT2D eigenvalue weighted by Crippen LogP contribution is -2.13. The molecule has 2 aromatic carbocycles. The Hall–Kier alpha value is -1.12. The predicted molar refractivity (Wildman–Crippen MR) is 87.1 cm³/mol. The molecule has 1 nitrogen and oxygen atoms in total. The van der Waals surface area contributed by atoms with Crippen LogP contribution in [0.5, 0.6) is 0 Å². The summed E-state index contributed by atoms with van der Waals surface area (Å²) in [7, 11) is 0. The van der Waals surface area contributed by atoms with Gasteiger partial charge in [-0.25, -0.2) is 0 Å². The van der Waals surface area contributed by atoms with E-state index in [1.807, 2.05) is 42.1 Å². The van der Waals surface area contributed by atoms with Crippen LogP contribution in [0.1, 0.15) is 12.5 Å². The smallest absolute Gasteiger partial charge is 0.0406 e. The van der Waals surface area contributed by atoms with Crippen molar-refractivity contribution in [3.8, 4) is 0 Å². The van der Waals surface area contributed by atoms with E-state index in [0.717, 1.165) is 17.3 Å². The summed E-state index contributed by atoms with van der Waals surface area (Å²) in [6, 6.07) is 18.4. The average Bonchev–Trinajstić information content (AvgIpc) is 2.45. The quantitative estimate of drug-likeness (QED) is 0.797. The Morgan fingerprint density at radius 3 is 2.42 bits per heavy atom. The van der Waals surface area contributed by atoms with Crippen LogP contribution in [0.15, 0.2) is 54.6 Å². The molecule has 0 bridgehead atoms. The van der Waals surface area contributed by atoms with Crippen LogP contribution in [0.2, 0.25) is 5.02 Å². The Morgan fingerprint density at radius 2 is 1.74 bits per heavy atom. The van der Waals surface area contributed by atoms with Gasteiger partial charge in [0, 0.05) is 28.3 Å². The molecule has 0 aliphatic rings. The molecule has 1 atom stereocenters. The van der Waals surface area contributed by atoms with E-state index in [4.69, 9.17) is 11.6 Å². The van der Waals surface area contributed by atoms with E-state index in [-0.39, 0.29) is 0 Å². The van der Waals surface area contributed by atoms with E-state index in [1.165, 1.54) is 11.3 Å². The largest absolute Gasteiger partial charge is 0.384 e. The second-order valence-electron chi connectivity index (χ2n) is 4.50. The van der Waals surface area contributed by atoms with Crippen molar-refractivity contribution in [1.29, 1.82) is 0 Å². The molecule has 0 saturated carbocycles. The van der Waals surface area contributed by atoms with Gasteiger partial charge in [0.2, 0.25) is 0 Å². The molecule has 0 spiro atoms. The molecule has 1 N–H and O–H groups in total. The average molecular weight is 292 g/mol. The first-order valence-electron chi connectivity index (χ1n) is 6.39. The fourth-order valence-corrected chi connectivity index (χ4v) is 2.69. The fraction of sp³-hybridized carbons (Fsp3) is 0.250. The van der Waals surface area contributed by atoms with Crippen molar-refractivity contribution in [2.24, 2.45) is 0 Å². The summed E-state index contributed by atoms with van der Waals surface area (Å²) in [5.41, 5.74) is 2.50. The van der Waals surface area contributed by atoms with Crippen LogP contribution in [0.3, 0.4) is 0 Å². The third-order valence-corrected chi connectivity index (χ3v) is 4.30. The first-order chi connectivity index (χ1) is 9.24. The molecule has 0 fully saturated rings. The van der Waals surface area contributed by atoms with Crippen molar-refractivity contribution in [2.45, 2.75) is 17.9 Å². The van der Waals surface area contributed by atoms with E-state index in [0.29, 0.717) is 5.25 Å². The zero-order valence-electron chi connectivity index (χ0n) is 11.0. The molecular formula is C16H18ClNS. The highest BCUT2D eigenvalue weighted by Crippen LogP contribution is 2.19. The lowest BCUT2D eigenvalue weighted by atomic mass is 10.2. The molecule has 0 aliphatic heterocycles. The van der Waals surface area contributed by atoms with Gasteiger partial charge in [-0.3, -0.25) is 0 Å². The molecule has 0 aromatic heterocycles. The highest BCUT2D eigenvalue weighted by Gasteiger charge is 2.03. The normalized spacial score (nSPS) is 12.1. The van der Waals surface area contributed by atoms with Crippen molar-refractivity contribution < 1.29 is 0 Å². The minimum Gasteiger partial charge on any atom is -0.384 e. The summed E-state index contributed by atoms with van der Waals surface area (Å²) in [5.74, 6) is 1.02. The summed E-state index contributed by atoms with van der Waals surface area (Å²) in [6.45, 7) is 3.22. The van der Waals surface area contributed by atoms with Crippen molar-refractivity contribution in [3.05, 3.63) is 65.2 Å². The standard InChI is InChI=1S/C16H18ClNS/c1-13(11-18-16-5-3-2-4-6-16)19-12-14-7-9-15(17)10-8-14/h2-10,13,18H,11-12H2,1H3. The first-order valence-corrected chi connectivity index (χ1v) is 7.81. The van der Waals surface area contributed by atoms with Crippen LogP contribution in [0.4, 0.5) is 5.69 Å². The maximum absolute atomic E-state index is 5.88. The molecule has 0 saturated heterocycles. The first kappa shape index (κ1) is 14.3. The van der Waals surface area contributed by atoms with Crippen molar-refractivity contribution in [1.82, 2.24) is 0 Å². The number of benzene rings is 2. The van der Waals surface area contributed by atoms with Crippen LogP contribution in [0, 0.1) is 0 Å². The zero-order chi connectivity index (χ0) is 13.5. The summed E-state index contributed by atoms with van der Waals surface area (Å²) >= 11 is 7.82. The van der Waals surface area contributed by atoms with Crippen LogP contribution in [-0.4, -0.2) is 11.8 Å². The maximum Gasteiger partial charge on any atom is 0.0406 e. The minimum absolute atomic E-state index is 0.566. The second kappa shape index (κ2) is 7.46. The summed E-state index contributed by atoms with van der Waals surface area (Å²) in [5, 5.41) is 4.81. The fourth-order valence-electron chi connectivity index (χ4n) is 1.70. The van der Waals surface area contributed by atoms with Crippen molar-refractivity contribution in [2.75, 3.05) is 11.9 Å². The molecule has 0 aliphatic carbocycles. The molecule has 0 radical (unpaired) electrons. The number of nitrogens with one attached hydrogen (secondary N) is 1. The number of hydrogen-bond donors (Lipinski definition) is 1. The Labute approximate surface area is 124 Å². The SMILES string of the molecule is CC(CNc1ccccc1)SCc1ccc(Cl)cc1. The minimum atomic E-state index is 0.566. The molecule has 0 amide bonds. The molecular weight excluding hydrogens is 274 g/mol. The van der Waals surface area contributed by atoms with E-state index in [1.54, 1.807) is 0 Å². The molecule has 1 unspecified atom stereocenters. The van der Waals surface area contributed by atoms with Gasteiger partial charge in [-0.15, -0.1) is 0 Å². The van der Waals surface area contributed by atoms with Gasteiger partial charge in [-0.2, -0.15) is 11.8 Å². The Balaban J connectivity index is 1.72. The molecule has 100 valence electrons. The third kappa shape index (κ3) is 5.17. The third-order valence-electron chi connectivity index (χ3n) is 2.82. The summed E-state index contributed by atoms with van der Waals surface area (Å²) < 4.78 is 0. The van der Waals surface area contributed by atoms with Gasteiger partial charge in [0.25, 0.3) is 0 Å². The Morgan fingerprint density at radius 1 is 1.05 bits per heavy atom. The number of halogens is 1. The maximum atomic E-state index is 5.88. The topological polar surface area (TPSA) is 12.0 Å².